The zero-order valence-corrected chi connectivity index (χ0v) is 14.8. The molecule has 6 nitrogen and oxygen atoms in total. The Labute approximate surface area is 155 Å². The molecule has 1 atom stereocenters. The summed E-state index contributed by atoms with van der Waals surface area (Å²) in [6.45, 7) is 2.60. The zero-order chi connectivity index (χ0) is 17.9. The van der Waals surface area contributed by atoms with Crippen molar-refractivity contribution >= 4 is 12.2 Å². The van der Waals surface area contributed by atoms with Gasteiger partial charge in [-0.3, -0.25) is 4.90 Å². The number of tetrazole rings is 1. The first-order chi connectivity index (χ1) is 12.7. The van der Waals surface area contributed by atoms with Gasteiger partial charge in [-0.1, -0.05) is 30.3 Å². The van der Waals surface area contributed by atoms with Gasteiger partial charge in [-0.05, 0) is 52.5 Å². The van der Waals surface area contributed by atoms with Gasteiger partial charge in [-0.25, -0.2) is 9.07 Å². The summed E-state index contributed by atoms with van der Waals surface area (Å²) in [5.41, 5.74) is 1.85. The topological polar surface area (TPSA) is 48.1 Å². The Morgan fingerprint density at radius 1 is 1.08 bits per heavy atom. The fourth-order valence-corrected chi connectivity index (χ4v) is 3.23. The lowest BCUT2D eigenvalue weighted by Gasteiger charge is -2.32. The third-order valence-electron chi connectivity index (χ3n) is 4.37. The first-order valence-corrected chi connectivity index (χ1v) is 8.79. The highest BCUT2D eigenvalue weighted by Crippen LogP contribution is 2.22. The van der Waals surface area contributed by atoms with E-state index in [0.29, 0.717) is 24.6 Å². The predicted octanol–water partition coefficient (Wildman–Crippen LogP) is 2.97. The molecular formula is C18H18FN5OS. The second-order valence-corrected chi connectivity index (χ2v) is 6.50. The van der Waals surface area contributed by atoms with Crippen molar-refractivity contribution in [3.63, 3.8) is 0 Å². The van der Waals surface area contributed by atoms with Crippen molar-refractivity contribution in [2.75, 3.05) is 19.7 Å². The Morgan fingerprint density at radius 2 is 1.85 bits per heavy atom. The lowest BCUT2D eigenvalue weighted by molar-refractivity contribution is -0.0420. The third-order valence-corrected chi connectivity index (χ3v) is 4.75. The first kappa shape index (κ1) is 17.0. The molecule has 1 aliphatic heterocycles. The number of para-hydroxylation sites is 1. The summed E-state index contributed by atoms with van der Waals surface area (Å²) in [7, 11) is 0. The molecule has 0 amide bonds. The predicted molar refractivity (Wildman–Crippen MR) is 96.8 cm³/mol. The summed E-state index contributed by atoms with van der Waals surface area (Å²) in [5, 5.41) is 8.35. The van der Waals surface area contributed by atoms with Crippen molar-refractivity contribution in [3.05, 3.63) is 70.7 Å². The zero-order valence-electron chi connectivity index (χ0n) is 14.0. The van der Waals surface area contributed by atoms with E-state index in [9.17, 15) is 4.39 Å². The summed E-state index contributed by atoms with van der Waals surface area (Å²) in [6, 6.07) is 16.1. The van der Waals surface area contributed by atoms with Crippen LogP contribution in [0.3, 0.4) is 0 Å². The Balaban J connectivity index is 1.48. The van der Waals surface area contributed by atoms with Gasteiger partial charge in [0.25, 0.3) is 0 Å². The van der Waals surface area contributed by atoms with Crippen molar-refractivity contribution in [2.24, 2.45) is 0 Å². The van der Waals surface area contributed by atoms with Crippen LogP contribution in [0.5, 0.6) is 0 Å². The molecule has 0 N–H and O–H groups in total. The van der Waals surface area contributed by atoms with Crippen LogP contribution in [0.2, 0.25) is 0 Å². The number of nitrogens with zero attached hydrogens (tertiary/aromatic N) is 5. The molecule has 2 aromatic carbocycles. The molecule has 1 aliphatic rings. The van der Waals surface area contributed by atoms with Crippen molar-refractivity contribution in [1.82, 2.24) is 24.7 Å². The highest BCUT2D eigenvalue weighted by molar-refractivity contribution is 7.71. The number of morpholine rings is 1. The van der Waals surface area contributed by atoms with Gasteiger partial charge in [0, 0.05) is 13.1 Å². The summed E-state index contributed by atoms with van der Waals surface area (Å²) >= 11 is 5.51. The summed E-state index contributed by atoms with van der Waals surface area (Å²) in [4.78, 5) is 2.21. The highest BCUT2D eigenvalue weighted by atomic mass is 32.1. The maximum atomic E-state index is 13.1. The van der Waals surface area contributed by atoms with Gasteiger partial charge in [0.05, 0.1) is 25.1 Å². The van der Waals surface area contributed by atoms with E-state index >= 15 is 0 Å². The van der Waals surface area contributed by atoms with Crippen LogP contribution in [0, 0.1) is 10.6 Å². The monoisotopic (exact) mass is 371 g/mol. The molecule has 0 bridgehead atoms. The van der Waals surface area contributed by atoms with Crippen LogP contribution in [0.1, 0.15) is 11.7 Å². The van der Waals surface area contributed by atoms with Crippen LogP contribution in [0.15, 0.2) is 54.6 Å². The number of rotatable bonds is 4. The number of hydrogen-bond acceptors (Lipinski definition) is 5. The Morgan fingerprint density at radius 3 is 2.62 bits per heavy atom. The van der Waals surface area contributed by atoms with Crippen LogP contribution in [0.4, 0.5) is 4.39 Å². The lowest BCUT2D eigenvalue weighted by Crippen LogP contribution is -2.39. The van der Waals surface area contributed by atoms with Crippen LogP contribution in [0.25, 0.3) is 5.69 Å². The molecule has 8 heteroatoms. The Hall–Kier alpha value is -2.42. The Kier molecular flexibility index (Phi) is 4.87. The molecule has 0 spiro atoms. The molecule has 134 valence electrons. The molecule has 2 heterocycles. The number of halogens is 1. The number of ether oxygens (including phenoxy) is 1. The van der Waals surface area contributed by atoms with Gasteiger partial charge >= 0.3 is 0 Å². The molecule has 26 heavy (non-hydrogen) atoms. The molecular weight excluding hydrogens is 353 g/mol. The molecule has 0 aliphatic carbocycles. The third kappa shape index (κ3) is 3.57. The lowest BCUT2D eigenvalue weighted by atomic mass is 10.1. The molecule has 4 rings (SSSR count). The quantitative estimate of drug-likeness (QED) is 0.660. The van der Waals surface area contributed by atoms with Crippen molar-refractivity contribution in [2.45, 2.75) is 12.8 Å². The highest BCUT2D eigenvalue weighted by Gasteiger charge is 2.23. The fraction of sp³-hybridized carbons (Fsp3) is 0.278. The van der Waals surface area contributed by atoms with Crippen molar-refractivity contribution in [3.8, 4) is 5.69 Å². The van der Waals surface area contributed by atoms with Gasteiger partial charge in [0.15, 0.2) is 0 Å². The fourth-order valence-electron chi connectivity index (χ4n) is 2.99. The number of benzene rings is 2. The van der Waals surface area contributed by atoms with Gasteiger partial charge < -0.3 is 4.74 Å². The second kappa shape index (κ2) is 7.45. The van der Waals surface area contributed by atoms with E-state index in [4.69, 9.17) is 17.0 Å². The van der Waals surface area contributed by atoms with Crippen molar-refractivity contribution in [1.29, 1.82) is 0 Å². The normalized spacial score (nSPS) is 18.1. The van der Waals surface area contributed by atoms with E-state index in [1.807, 2.05) is 30.3 Å². The van der Waals surface area contributed by atoms with Crippen molar-refractivity contribution < 1.29 is 9.13 Å². The minimum absolute atomic E-state index is 0.0947. The molecule has 0 saturated carbocycles. The second-order valence-electron chi connectivity index (χ2n) is 6.14. The summed E-state index contributed by atoms with van der Waals surface area (Å²) < 4.78 is 22.8. The maximum absolute atomic E-state index is 13.1. The maximum Gasteiger partial charge on any atom is 0.221 e. The molecule has 1 aromatic heterocycles. The standard InChI is InChI=1S/C18H18FN5OS/c19-15-8-6-14(7-9-15)17-12-22(10-11-25-17)13-23-18(26)24(21-20-23)16-4-2-1-3-5-16/h1-9,17H,10-13H2. The van der Waals surface area contributed by atoms with E-state index in [2.05, 4.69) is 15.3 Å². The minimum Gasteiger partial charge on any atom is -0.371 e. The van der Waals surface area contributed by atoms with E-state index in [0.717, 1.165) is 17.8 Å². The average molecular weight is 371 g/mol. The molecule has 3 aromatic rings. The SMILES string of the molecule is Fc1ccc(C2CN(Cn3nnn(-c4ccccc4)c3=S)CCO2)cc1. The van der Waals surface area contributed by atoms with Gasteiger partial charge in [0.2, 0.25) is 4.77 Å². The van der Waals surface area contributed by atoms with E-state index < -0.39 is 0 Å². The van der Waals surface area contributed by atoms with Crippen LogP contribution < -0.4 is 0 Å². The van der Waals surface area contributed by atoms with Gasteiger partial charge in [-0.15, -0.1) is 0 Å². The largest absolute Gasteiger partial charge is 0.371 e. The number of hydrogen-bond donors (Lipinski definition) is 0. The summed E-state index contributed by atoms with van der Waals surface area (Å²) in [6.07, 6.45) is -0.0947. The van der Waals surface area contributed by atoms with Crippen LogP contribution in [-0.4, -0.2) is 44.4 Å². The minimum atomic E-state index is -0.245. The molecule has 0 radical (unpaired) electrons. The van der Waals surface area contributed by atoms with Gasteiger partial charge in [-0.2, -0.15) is 4.68 Å². The van der Waals surface area contributed by atoms with Crippen LogP contribution >= 0.6 is 12.2 Å². The molecule has 1 fully saturated rings. The molecule has 1 saturated heterocycles. The number of aromatic nitrogens is 4. The first-order valence-electron chi connectivity index (χ1n) is 8.38. The van der Waals surface area contributed by atoms with E-state index in [1.54, 1.807) is 21.5 Å². The molecule has 1 unspecified atom stereocenters. The summed E-state index contributed by atoms with van der Waals surface area (Å²) in [5.74, 6) is -0.245. The van der Waals surface area contributed by atoms with E-state index in [1.165, 1.54) is 12.1 Å². The average Bonchev–Trinajstić information content (AvgIpc) is 3.04. The van der Waals surface area contributed by atoms with Gasteiger partial charge in [0.1, 0.15) is 5.82 Å². The Bertz CT molecular complexity index is 925. The smallest absolute Gasteiger partial charge is 0.221 e. The van der Waals surface area contributed by atoms with Crippen LogP contribution in [-0.2, 0) is 11.4 Å². The van der Waals surface area contributed by atoms with E-state index in [-0.39, 0.29) is 11.9 Å².